The van der Waals surface area contributed by atoms with E-state index in [1.807, 2.05) is 22.7 Å². The van der Waals surface area contributed by atoms with Crippen molar-refractivity contribution in [1.82, 2.24) is 14.4 Å². The van der Waals surface area contributed by atoms with E-state index in [1.54, 1.807) is 18.7 Å². The summed E-state index contributed by atoms with van der Waals surface area (Å²) >= 11 is 0. The third-order valence-corrected chi connectivity index (χ3v) is 3.66. The van der Waals surface area contributed by atoms with Crippen LogP contribution in [0.3, 0.4) is 0 Å². The number of fused-ring (bicyclic) bond motifs is 7. The Kier molecular flexibility index (Phi) is 1.46. The van der Waals surface area contributed by atoms with Crippen LogP contribution in [0.25, 0.3) is 28.2 Å². The Morgan fingerprint density at radius 3 is 3.26 bits per heavy atom. The molecular formula is C14H9N4O+. The van der Waals surface area contributed by atoms with Gasteiger partial charge in [-0.15, -0.1) is 4.57 Å². The van der Waals surface area contributed by atoms with Gasteiger partial charge in [0.15, 0.2) is 12.2 Å². The predicted molar refractivity (Wildman–Crippen MR) is 67.5 cm³/mol. The molecule has 19 heavy (non-hydrogen) atoms. The van der Waals surface area contributed by atoms with Gasteiger partial charge in [0.1, 0.15) is 5.52 Å². The second-order valence-corrected chi connectivity index (χ2v) is 4.72. The van der Waals surface area contributed by atoms with E-state index >= 15 is 0 Å². The summed E-state index contributed by atoms with van der Waals surface area (Å²) in [6, 6.07) is 6.06. The summed E-state index contributed by atoms with van der Waals surface area (Å²) in [6.07, 6.45) is 7.36. The zero-order chi connectivity index (χ0) is 12.4. The minimum absolute atomic E-state index is 0.813. The first kappa shape index (κ1) is 9.27. The van der Waals surface area contributed by atoms with Crippen LogP contribution in [0.4, 0.5) is 0 Å². The SMILES string of the molecule is c1cnc2c(c1)C[n+]1c-2oc2cn3cnccc3c21. The molecule has 1 aliphatic rings. The average molecular weight is 249 g/mol. The van der Waals surface area contributed by atoms with E-state index < -0.39 is 0 Å². The van der Waals surface area contributed by atoms with Crippen LogP contribution in [0.2, 0.25) is 0 Å². The molecule has 0 unspecified atom stereocenters. The van der Waals surface area contributed by atoms with Gasteiger partial charge in [-0.2, -0.15) is 0 Å². The molecule has 0 N–H and O–H groups in total. The molecule has 0 atom stereocenters. The largest absolute Gasteiger partial charge is 0.401 e. The summed E-state index contributed by atoms with van der Waals surface area (Å²) in [5.41, 5.74) is 5.24. The summed E-state index contributed by atoms with van der Waals surface area (Å²) in [7, 11) is 0. The van der Waals surface area contributed by atoms with Crippen LogP contribution >= 0.6 is 0 Å². The Bertz CT molecular complexity index is 951. The molecule has 0 saturated carbocycles. The van der Waals surface area contributed by atoms with Crippen molar-refractivity contribution in [2.24, 2.45) is 0 Å². The van der Waals surface area contributed by atoms with Crippen molar-refractivity contribution in [3.63, 3.8) is 0 Å². The van der Waals surface area contributed by atoms with Crippen LogP contribution in [-0.2, 0) is 6.54 Å². The maximum absolute atomic E-state index is 5.97. The van der Waals surface area contributed by atoms with Crippen molar-refractivity contribution in [2.45, 2.75) is 6.54 Å². The van der Waals surface area contributed by atoms with E-state index in [0.29, 0.717) is 0 Å². The molecule has 4 aromatic heterocycles. The lowest BCUT2D eigenvalue weighted by Gasteiger charge is -1.89. The topological polar surface area (TPSA) is 47.2 Å². The fourth-order valence-electron chi connectivity index (χ4n) is 2.85. The van der Waals surface area contributed by atoms with Gasteiger partial charge in [-0.05, 0) is 18.2 Å². The highest BCUT2D eigenvalue weighted by Crippen LogP contribution is 2.31. The molecule has 0 radical (unpaired) electrons. The van der Waals surface area contributed by atoms with E-state index in [4.69, 9.17) is 4.42 Å². The molecule has 0 aliphatic carbocycles. The standard InChI is InChI=1S/C14H9N4O/c1-2-9-6-18-13-10-3-5-15-8-17(10)7-11(13)19-14(18)12(9)16-4-1/h1-5,7-8H,6H2/q+1. The molecule has 5 heteroatoms. The highest BCUT2D eigenvalue weighted by atomic mass is 16.4. The predicted octanol–water partition coefficient (Wildman–Crippen LogP) is 1.79. The Balaban J connectivity index is 1.94. The lowest BCUT2D eigenvalue weighted by atomic mass is 10.2. The third kappa shape index (κ3) is 1.03. The third-order valence-electron chi connectivity index (χ3n) is 3.66. The summed E-state index contributed by atoms with van der Waals surface area (Å²) in [6.45, 7) is 0.813. The van der Waals surface area contributed by atoms with Crippen LogP contribution < -0.4 is 4.57 Å². The molecule has 0 spiro atoms. The fourth-order valence-corrected chi connectivity index (χ4v) is 2.85. The molecule has 0 saturated heterocycles. The number of nitrogens with zero attached hydrogens (tertiary/aromatic N) is 4. The van der Waals surface area contributed by atoms with Gasteiger partial charge < -0.3 is 4.42 Å². The summed E-state index contributed by atoms with van der Waals surface area (Å²) < 4.78 is 10.1. The maximum atomic E-state index is 5.97. The number of aromatic nitrogens is 4. The van der Waals surface area contributed by atoms with Crippen molar-refractivity contribution < 1.29 is 8.98 Å². The van der Waals surface area contributed by atoms with Crippen molar-refractivity contribution in [3.8, 4) is 11.6 Å². The number of oxazole rings is 1. The molecule has 5 heterocycles. The Morgan fingerprint density at radius 1 is 1.26 bits per heavy atom. The van der Waals surface area contributed by atoms with Gasteiger partial charge >= 0.3 is 5.89 Å². The smallest absolute Gasteiger partial charge is 0.395 e. The molecule has 90 valence electrons. The number of pyridine rings is 1. The van der Waals surface area contributed by atoms with Gasteiger partial charge in [0.2, 0.25) is 5.58 Å². The summed E-state index contributed by atoms with van der Waals surface area (Å²) in [5, 5.41) is 0. The monoisotopic (exact) mass is 249 g/mol. The molecule has 0 fully saturated rings. The van der Waals surface area contributed by atoms with Crippen LogP contribution in [0.15, 0.2) is 47.5 Å². The Morgan fingerprint density at radius 2 is 2.26 bits per heavy atom. The van der Waals surface area contributed by atoms with Crippen molar-refractivity contribution in [3.05, 3.63) is 48.7 Å². The Labute approximate surface area is 107 Å². The molecule has 0 aromatic carbocycles. The lowest BCUT2D eigenvalue weighted by molar-refractivity contribution is -0.648. The van der Waals surface area contributed by atoms with E-state index in [-0.39, 0.29) is 0 Å². The highest BCUT2D eigenvalue weighted by Gasteiger charge is 2.36. The van der Waals surface area contributed by atoms with Crippen LogP contribution in [0.5, 0.6) is 0 Å². The second kappa shape index (κ2) is 3.00. The van der Waals surface area contributed by atoms with Crippen LogP contribution in [-0.4, -0.2) is 14.4 Å². The van der Waals surface area contributed by atoms with Gasteiger partial charge in [-0.1, -0.05) is 0 Å². The van der Waals surface area contributed by atoms with Crippen molar-refractivity contribution in [1.29, 1.82) is 0 Å². The number of hydrogen-bond acceptors (Lipinski definition) is 3. The van der Waals surface area contributed by atoms with E-state index in [9.17, 15) is 0 Å². The molecule has 5 rings (SSSR count). The van der Waals surface area contributed by atoms with Crippen molar-refractivity contribution >= 4 is 16.6 Å². The van der Waals surface area contributed by atoms with Crippen molar-refractivity contribution in [2.75, 3.05) is 0 Å². The molecular weight excluding hydrogens is 240 g/mol. The first-order valence-electron chi connectivity index (χ1n) is 6.13. The summed E-state index contributed by atoms with van der Waals surface area (Å²) in [4.78, 5) is 8.54. The highest BCUT2D eigenvalue weighted by molar-refractivity contribution is 5.88. The van der Waals surface area contributed by atoms with E-state index in [2.05, 4.69) is 20.6 Å². The molecule has 5 nitrogen and oxygen atoms in total. The quantitative estimate of drug-likeness (QED) is 0.393. The first-order valence-corrected chi connectivity index (χ1v) is 6.13. The van der Waals surface area contributed by atoms with Gasteiger partial charge in [-0.25, -0.2) is 9.97 Å². The number of hydrogen-bond donors (Lipinski definition) is 0. The normalized spacial score (nSPS) is 13.1. The lowest BCUT2D eigenvalue weighted by Crippen LogP contribution is -2.30. The van der Waals surface area contributed by atoms with Crippen LogP contribution in [0.1, 0.15) is 5.56 Å². The zero-order valence-corrected chi connectivity index (χ0v) is 9.95. The minimum atomic E-state index is 0.813. The molecule has 0 bridgehead atoms. The minimum Gasteiger partial charge on any atom is -0.395 e. The fraction of sp³-hybridized carbons (Fsp3) is 0.0714. The van der Waals surface area contributed by atoms with E-state index in [1.165, 1.54) is 5.56 Å². The summed E-state index contributed by atoms with van der Waals surface area (Å²) in [5.74, 6) is 0.847. The molecule has 4 aromatic rings. The van der Waals surface area contributed by atoms with Crippen LogP contribution in [0, 0.1) is 0 Å². The van der Waals surface area contributed by atoms with Gasteiger partial charge in [0, 0.05) is 12.4 Å². The maximum Gasteiger partial charge on any atom is 0.401 e. The zero-order valence-electron chi connectivity index (χ0n) is 9.95. The average Bonchev–Trinajstić information content (AvgIpc) is 3.05. The molecule has 1 aliphatic heterocycles. The van der Waals surface area contributed by atoms with E-state index in [0.717, 1.165) is 34.7 Å². The second-order valence-electron chi connectivity index (χ2n) is 4.72. The molecule has 0 amide bonds. The van der Waals surface area contributed by atoms with Gasteiger partial charge in [-0.3, -0.25) is 4.40 Å². The number of rotatable bonds is 0. The van der Waals surface area contributed by atoms with Gasteiger partial charge in [0.05, 0.1) is 18.1 Å². The first-order chi connectivity index (χ1) is 9.42. The Hall–Kier alpha value is -2.69. The van der Waals surface area contributed by atoms with Gasteiger partial charge in [0.25, 0.3) is 5.52 Å².